The van der Waals surface area contributed by atoms with Gasteiger partial charge in [-0.25, -0.2) is 18.4 Å². The lowest BCUT2D eigenvalue weighted by molar-refractivity contribution is 0.601. The number of hydrogen-bond donors (Lipinski definition) is 0. The fourth-order valence-electron chi connectivity index (χ4n) is 1.67. The van der Waals surface area contributed by atoms with E-state index < -0.39 is 9.84 Å². The Bertz CT molecular complexity index is 671. The molecular formula is C12H11ClN2O2S. The van der Waals surface area contributed by atoms with Crippen molar-refractivity contribution in [3.63, 3.8) is 0 Å². The van der Waals surface area contributed by atoms with Crippen LogP contribution in [-0.2, 0) is 16.3 Å². The van der Waals surface area contributed by atoms with Gasteiger partial charge in [-0.3, -0.25) is 0 Å². The summed E-state index contributed by atoms with van der Waals surface area (Å²) in [6.45, 7) is 0. The molecule has 2 rings (SSSR count). The molecule has 94 valence electrons. The average molecular weight is 283 g/mol. The normalized spacial score (nSPS) is 11.4. The highest BCUT2D eigenvalue weighted by molar-refractivity contribution is 7.90. The summed E-state index contributed by atoms with van der Waals surface area (Å²) in [6.07, 6.45) is 2.96. The highest BCUT2D eigenvalue weighted by atomic mass is 35.5. The highest BCUT2D eigenvalue weighted by Gasteiger charge is 2.13. The van der Waals surface area contributed by atoms with E-state index in [-0.39, 0.29) is 0 Å². The first-order chi connectivity index (χ1) is 8.47. The maximum absolute atomic E-state index is 11.7. The molecule has 2 aromatic rings. The molecular weight excluding hydrogens is 272 g/mol. The first kappa shape index (κ1) is 13.0. The molecule has 0 bridgehead atoms. The molecule has 0 aliphatic carbocycles. The van der Waals surface area contributed by atoms with Gasteiger partial charge in [-0.2, -0.15) is 0 Å². The lowest BCUT2D eigenvalue weighted by Gasteiger charge is -2.07. The summed E-state index contributed by atoms with van der Waals surface area (Å²) in [5.41, 5.74) is 1.39. The Morgan fingerprint density at radius 2 is 1.94 bits per heavy atom. The van der Waals surface area contributed by atoms with Crippen molar-refractivity contribution < 1.29 is 8.42 Å². The Balaban J connectivity index is 2.41. The van der Waals surface area contributed by atoms with E-state index in [0.29, 0.717) is 27.7 Å². The van der Waals surface area contributed by atoms with Crippen LogP contribution in [0.15, 0.2) is 41.6 Å². The molecule has 1 aromatic carbocycles. The van der Waals surface area contributed by atoms with E-state index >= 15 is 0 Å². The predicted octanol–water partition coefficient (Wildman–Crippen LogP) is 2.12. The van der Waals surface area contributed by atoms with Crippen LogP contribution >= 0.6 is 11.6 Å². The van der Waals surface area contributed by atoms with Gasteiger partial charge in [-0.1, -0.05) is 29.8 Å². The van der Waals surface area contributed by atoms with Crippen LogP contribution in [0.3, 0.4) is 0 Å². The zero-order valence-corrected chi connectivity index (χ0v) is 11.2. The van der Waals surface area contributed by atoms with Gasteiger partial charge in [0.15, 0.2) is 9.84 Å². The summed E-state index contributed by atoms with van der Waals surface area (Å²) >= 11 is 5.77. The molecule has 1 aromatic heterocycles. The van der Waals surface area contributed by atoms with Crippen LogP contribution in [0, 0.1) is 0 Å². The molecule has 0 saturated heterocycles. The molecule has 6 heteroatoms. The van der Waals surface area contributed by atoms with Crippen LogP contribution < -0.4 is 0 Å². The maximum atomic E-state index is 11.7. The van der Waals surface area contributed by atoms with E-state index in [4.69, 9.17) is 11.6 Å². The van der Waals surface area contributed by atoms with Crippen LogP contribution in [0.25, 0.3) is 0 Å². The largest absolute Gasteiger partial charge is 0.241 e. The van der Waals surface area contributed by atoms with Gasteiger partial charge in [0.2, 0.25) is 0 Å². The first-order valence-electron chi connectivity index (χ1n) is 5.21. The number of hydrogen-bond acceptors (Lipinski definition) is 4. The molecule has 0 aliphatic rings. The van der Waals surface area contributed by atoms with Gasteiger partial charge in [0.1, 0.15) is 11.5 Å². The Morgan fingerprint density at radius 3 is 2.61 bits per heavy atom. The minimum absolute atomic E-state index is 0.319. The summed E-state index contributed by atoms with van der Waals surface area (Å²) in [4.78, 5) is 8.18. The first-order valence-corrected chi connectivity index (χ1v) is 7.48. The van der Waals surface area contributed by atoms with Crippen molar-refractivity contribution >= 4 is 21.4 Å². The smallest absolute Gasteiger partial charge is 0.175 e. The molecule has 4 nitrogen and oxygen atoms in total. The maximum Gasteiger partial charge on any atom is 0.175 e. The number of rotatable bonds is 3. The SMILES string of the molecule is CS(=O)(=O)c1ccccc1Cc1cc(Cl)ncn1. The van der Waals surface area contributed by atoms with Crippen LogP contribution in [0.2, 0.25) is 5.15 Å². The van der Waals surface area contributed by atoms with Crippen LogP contribution in [0.4, 0.5) is 0 Å². The highest BCUT2D eigenvalue weighted by Crippen LogP contribution is 2.18. The minimum Gasteiger partial charge on any atom is -0.241 e. The predicted molar refractivity (Wildman–Crippen MR) is 69.4 cm³/mol. The monoisotopic (exact) mass is 282 g/mol. The second-order valence-corrected chi connectivity index (χ2v) is 6.26. The third kappa shape index (κ3) is 3.05. The molecule has 0 fully saturated rings. The second-order valence-electron chi connectivity index (χ2n) is 3.89. The van der Waals surface area contributed by atoms with Gasteiger partial charge in [0, 0.05) is 18.4 Å². The zero-order valence-electron chi connectivity index (χ0n) is 9.67. The van der Waals surface area contributed by atoms with Gasteiger partial charge in [0.05, 0.1) is 4.90 Å². The Hall–Kier alpha value is -1.46. The molecule has 1 heterocycles. The third-order valence-electron chi connectivity index (χ3n) is 2.43. The zero-order chi connectivity index (χ0) is 13.2. The van der Waals surface area contributed by atoms with Gasteiger partial charge in [0.25, 0.3) is 0 Å². The molecule has 0 N–H and O–H groups in total. The van der Waals surface area contributed by atoms with Gasteiger partial charge in [-0.05, 0) is 17.7 Å². The van der Waals surface area contributed by atoms with Gasteiger partial charge >= 0.3 is 0 Å². The molecule has 0 atom stereocenters. The van der Waals surface area contributed by atoms with Crippen molar-refractivity contribution in [2.75, 3.05) is 6.26 Å². The van der Waals surface area contributed by atoms with Crippen molar-refractivity contribution in [1.82, 2.24) is 9.97 Å². The minimum atomic E-state index is -3.24. The summed E-state index contributed by atoms with van der Waals surface area (Å²) < 4.78 is 23.3. The van der Waals surface area contributed by atoms with E-state index in [9.17, 15) is 8.42 Å². The Morgan fingerprint density at radius 1 is 1.22 bits per heavy atom. The lowest BCUT2D eigenvalue weighted by atomic mass is 10.1. The summed E-state index contributed by atoms with van der Waals surface area (Å²) in [7, 11) is -3.24. The fourth-order valence-corrected chi connectivity index (χ4v) is 2.79. The number of halogens is 1. The number of benzene rings is 1. The van der Waals surface area contributed by atoms with Crippen molar-refractivity contribution in [2.24, 2.45) is 0 Å². The van der Waals surface area contributed by atoms with E-state index in [2.05, 4.69) is 9.97 Å². The molecule has 18 heavy (non-hydrogen) atoms. The molecule has 0 aliphatic heterocycles. The number of nitrogens with zero attached hydrogens (tertiary/aromatic N) is 2. The summed E-state index contributed by atoms with van der Waals surface area (Å²) in [5.74, 6) is 0. The van der Waals surface area contributed by atoms with Crippen molar-refractivity contribution in [1.29, 1.82) is 0 Å². The molecule has 0 amide bonds. The van der Waals surface area contributed by atoms with E-state index in [1.807, 2.05) is 0 Å². The fraction of sp³-hybridized carbons (Fsp3) is 0.167. The molecule has 0 radical (unpaired) electrons. The topological polar surface area (TPSA) is 59.9 Å². The second kappa shape index (κ2) is 5.04. The quantitative estimate of drug-likeness (QED) is 0.809. The molecule has 0 unspecified atom stereocenters. The van der Waals surface area contributed by atoms with E-state index in [1.54, 1.807) is 30.3 Å². The van der Waals surface area contributed by atoms with Crippen LogP contribution in [0.1, 0.15) is 11.3 Å². The van der Waals surface area contributed by atoms with Gasteiger partial charge < -0.3 is 0 Å². The summed E-state index contributed by atoms with van der Waals surface area (Å²) in [5, 5.41) is 0.344. The number of aromatic nitrogens is 2. The van der Waals surface area contributed by atoms with E-state index in [1.165, 1.54) is 12.6 Å². The third-order valence-corrected chi connectivity index (χ3v) is 3.84. The average Bonchev–Trinajstić information content (AvgIpc) is 2.28. The molecule has 0 saturated carbocycles. The Labute approximate surface area is 111 Å². The Kier molecular flexibility index (Phi) is 3.63. The summed E-state index contributed by atoms with van der Waals surface area (Å²) in [6, 6.07) is 8.49. The van der Waals surface area contributed by atoms with Crippen molar-refractivity contribution in [2.45, 2.75) is 11.3 Å². The standard InChI is InChI=1S/C12H11ClN2O2S/c1-18(16,17)11-5-3-2-4-9(11)6-10-7-12(13)15-8-14-10/h2-5,7-8H,6H2,1H3. The number of sulfone groups is 1. The van der Waals surface area contributed by atoms with Crippen molar-refractivity contribution in [3.05, 3.63) is 53.1 Å². The van der Waals surface area contributed by atoms with Gasteiger partial charge in [-0.15, -0.1) is 0 Å². The lowest BCUT2D eigenvalue weighted by Crippen LogP contribution is -2.03. The van der Waals surface area contributed by atoms with Crippen molar-refractivity contribution in [3.8, 4) is 0 Å². The van der Waals surface area contributed by atoms with Crippen LogP contribution in [0.5, 0.6) is 0 Å². The molecule has 0 spiro atoms. The van der Waals surface area contributed by atoms with Crippen LogP contribution in [-0.4, -0.2) is 24.6 Å². The van der Waals surface area contributed by atoms with E-state index in [0.717, 1.165) is 0 Å².